The van der Waals surface area contributed by atoms with Crippen molar-refractivity contribution in [3.05, 3.63) is 91.5 Å². The number of ether oxygens (including phenoxy) is 3. The molecule has 0 radical (unpaired) electrons. The molecule has 12 heteroatoms. The third kappa shape index (κ3) is 9.58. The molecule has 1 aromatic heterocycles. The molecule has 0 atom stereocenters. The molecule has 1 amide bonds. The Balaban J connectivity index is 0.00000400. The van der Waals surface area contributed by atoms with Crippen molar-refractivity contribution >= 4 is 41.1 Å². The number of carbonyl (C=O) groups is 1. The van der Waals surface area contributed by atoms with E-state index in [1.165, 1.54) is 30.5 Å². The molecule has 0 saturated heterocycles. The van der Waals surface area contributed by atoms with Crippen LogP contribution in [0.1, 0.15) is 5.56 Å². The molecule has 0 aliphatic rings. The monoisotopic (exact) mass is 524 g/mol. The Bertz CT molecular complexity index is 1340. The third-order valence-electron chi connectivity index (χ3n) is 5.13. The zero-order chi connectivity index (χ0) is 27.3. The SMILES string of the molecule is [CH-]=C/C(=C\[C-]=NC=[N-])Oc1ccc(Nc2ncnc3cc[c-]c(OC[CH-]CN(C[CH2-])C(=O)OC)c23)cc1C.[Li+].[Li+]. The van der Waals surface area contributed by atoms with Crippen LogP contribution in [0.15, 0.2) is 59.6 Å². The summed E-state index contributed by atoms with van der Waals surface area (Å²) >= 11 is 0. The molecular formula is C28H26Li2N6O4-4. The molecule has 0 bridgehead atoms. The van der Waals surface area contributed by atoms with E-state index in [4.69, 9.17) is 26.2 Å². The van der Waals surface area contributed by atoms with Gasteiger partial charge in [-0.3, -0.25) is 18.0 Å². The van der Waals surface area contributed by atoms with Crippen molar-refractivity contribution in [2.45, 2.75) is 6.92 Å². The standard InChI is InChI=1S/C28H26N6O4.2Li/c1-5-22(13-14-30-18-29)38-24-12-11-21(17-20(24)3)33-27-26-23(31-19-32-27)9-7-10-25(26)37-16-8-15-34(6-2)28(35)36-4;;/h1,5,7-9,11-13,17-19H,2,6,15-16H2,3-4H3,(H,31,32,33);;/q-6;2*+1/b22-13+;;. The Morgan fingerprint density at radius 1 is 1.35 bits per heavy atom. The Morgan fingerprint density at radius 2 is 2.15 bits per heavy atom. The number of methoxy groups -OCH3 is 1. The van der Waals surface area contributed by atoms with E-state index in [0.29, 0.717) is 46.9 Å². The molecule has 3 aromatic rings. The summed E-state index contributed by atoms with van der Waals surface area (Å²) < 4.78 is 16.5. The summed E-state index contributed by atoms with van der Waals surface area (Å²) in [6.45, 7) is 12.0. The van der Waals surface area contributed by atoms with Crippen molar-refractivity contribution in [3.63, 3.8) is 0 Å². The third-order valence-corrected chi connectivity index (χ3v) is 5.13. The van der Waals surface area contributed by atoms with Crippen molar-refractivity contribution in [2.24, 2.45) is 4.99 Å². The predicted octanol–water partition coefficient (Wildman–Crippen LogP) is -1.23. The minimum atomic E-state index is -0.458. The van der Waals surface area contributed by atoms with E-state index in [0.717, 1.165) is 11.3 Å². The number of amides is 1. The van der Waals surface area contributed by atoms with Gasteiger partial charge in [-0.05, 0) is 48.2 Å². The fraction of sp³-hybridized carbons (Fsp3) is 0.179. The minimum Gasteiger partial charge on any atom is -0.577 e. The number of rotatable bonds is 13. The van der Waals surface area contributed by atoms with Crippen molar-refractivity contribution < 1.29 is 56.7 Å². The van der Waals surface area contributed by atoms with E-state index in [-0.39, 0.29) is 50.9 Å². The smallest absolute Gasteiger partial charge is 0.577 e. The largest absolute Gasteiger partial charge is 1.00 e. The normalized spacial score (nSPS) is 10.7. The van der Waals surface area contributed by atoms with Crippen molar-refractivity contribution in [3.8, 4) is 11.5 Å². The van der Waals surface area contributed by atoms with E-state index in [2.05, 4.69) is 39.5 Å². The number of aliphatic imine (C=N–C) groups is 1. The Kier molecular flexibility index (Phi) is 15.5. The number of hydrogen-bond acceptors (Lipinski definition) is 7. The van der Waals surface area contributed by atoms with Gasteiger partial charge in [0.25, 0.3) is 0 Å². The van der Waals surface area contributed by atoms with Gasteiger partial charge in [0.15, 0.2) is 0 Å². The van der Waals surface area contributed by atoms with E-state index in [9.17, 15) is 4.79 Å². The second-order valence-corrected chi connectivity index (χ2v) is 7.60. The van der Waals surface area contributed by atoms with Gasteiger partial charge < -0.3 is 41.8 Å². The number of fused-ring (bicyclic) bond motifs is 1. The maximum atomic E-state index is 11.7. The zero-order valence-corrected chi connectivity index (χ0v) is 23.0. The summed E-state index contributed by atoms with van der Waals surface area (Å²) in [5.41, 5.74) is 2.25. The molecule has 0 fully saturated rings. The first-order chi connectivity index (χ1) is 18.5. The first-order valence-corrected chi connectivity index (χ1v) is 11.4. The van der Waals surface area contributed by atoms with E-state index < -0.39 is 6.09 Å². The number of allylic oxidation sites excluding steroid dienone is 2. The van der Waals surface area contributed by atoms with Gasteiger partial charge in [-0.1, -0.05) is 0 Å². The number of hydrogen-bond donors (Lipinski definition) is 1. The number of benzene rings is 2. The van der Waals surface area contributed by atoms with Crippen LogP contribution in [0.2, 0.25) is 0 Å². The summed E-state index contributed by atoms with van der Waals surface area (Å²) in [4.78, 5) is 25.3. The summed E-state index contributed by atoms with van der Waals surface area (Å²) in [6.07, 6.45) is 8.55. The molecule has 0 saturated carbocycles. The number of nitrogens with zero attached hydrogens (tertiary/aromatic N) is 5. The van der Waals surface area contributed by atoms with Crippen LogP contribution in [0.3, 0.4) is 0 Å². The topological polar surface area (TPSA) is 120 Å². The molecule has 0 spiro atoms. The van der Waals surface area contributed by atoms with Crippen LogP contribution in [-0.2, 0) is 4.74 Å². The predicted molar refractivity (Wildman–Crippen MR) is 146 cm³/mol. The maximum Gasteiger partial charge on any atom is 1.00 e. The van der Waals surface area contributed by atoms with E-state index >= 15 is 0 Å². The van der Waals surface area contributed by atoms with Crippen LogP contribution in [0.5, 0.6) is 11.5 Å². The summed E-state index contributed by atoms with van der Waals surface area (Å²) in [5.74, 6) is 1.87. The van der Waals surface area contributed by atoms with E-state index in [1.54, 1.807) is 18.6 Å². The van der Waals surface area contributed by atoms with Crippen molar-refractivity contribution in [1.82, 2.24) is 14.9 Å². The zero-order valence-electron chi connectivity index (χ0n) is 23.0. The van der Waals surface area contributed by atoms with Crippen LogP contribution in [-0.4, -0.2) is 60.3 Å². The maximum absolute atomic E-state index is 11.7. The molecular weight excluding hydrogens is 498 g/mol. The molecule has 3 rings (SSSR count). The number of aromatic nitrogens is 2. The van der Waals surface area contributed by atoms with Crippen molar-refractivity contribution in [1.29, 1.82) is 0 Å². The summed E-state index contributed by atoms with van der Waals surface area (Å²) in [5, 5.41) is 12.6. The number of aryl methyl sites for hydroxylation is 1. The van der Waals surface area contributed by atoms with Gasteiger partial charge in [0.1, 0.15) is 12.1 Å². The van der Waals surface area contributed by atoms with Crippen LogP contribution in [0, 0.1) is 32.9 Å². The Hall–Kier alpha value is -3.54. The molecule has 0 aliphatic heterocycles. The molecule has 0 unspecified atom stereocenters. The van der Waals surface area contributed by atoms with Crippen LogP contribution in [0.25, 0.3) is 16.3 Å². The van der Waals surface area contributed by atoms with Crippen LogP contribution in [0.4, 0.5) is 16.3 Å². The molecule has 0 aliphatic carbocycles. The molecule has 40 heavy (non-hydrogen) atoms. The Morgan fingerprint density at radius 3 is 2.83 bits per heavy atom. The van der Waals surface area contributed by atoms with Crippen molar-refractivity contribution in [2.75, 3.05) is 32.1 Å². The molecule has 2 aromatic carbocycles. The second kappa shape index (κ2) is 17.9. The van der Waals surface area contributed by atoms with Gasteiger partial charge in [0.2, 0.25) is 0 Å². The second-order valence-electron chi connectivity index (χ2n) is 7.60. The number of nitrogens with one attached hydrogen (secondary N) is 1. The quantitative estimate of drug-likeness (QED) is 0.0566. The van der Waals surface area contributed by atoms with Gasteiger partial charge in [-0.2, -0.15) is 12.1 Å². The first-order valence-electron chi connectivity index (χ1n) is 11.4. The van der Waals surface area contributed by atoms with Gasteiger partial charge in [0.05, 0.1) is 12.9 Å². The molecule has 1 heterocycles. The van der Waals surface area contributed by atoms with E-state index in [1.807, 2.05) is 25.1 Å². The van der Waals surface area contributed by atoms with Gasteiger partial charge in [0, 0.05) is 17.2 Å². The minimum absolute atomic E-state index is 0. The van der Waals surface area contributed by atoms with Crippen LogP contribution >= 0.6 is 0 Å². The first kappa shape index (κ1) is 34.5. The Labute approximate surface area is 258 Å². The molecule has 1 N–H and O–H groups in total. The summed E-state index contributed by atoms with van der Waals surface area (Å²) in [6, 6.07) is 12.1. The number of anilines is 2. The van der Waals surface area contributed by atoms with Gasteiger partial charge >= 0.3 is 43.8 Å². The van der Waals surface area contributed by atoms with Crippen LogP contribution < -0.4 is 52.5 Å². The van der Waals surface area contributed by atoms with Gasteiger partial charge in [-0.25, -0.2) is 22.3 Å². The fourth-order valence-corrected chi connectivity index (χ4v) is 3.31. The van der Waals surface area contributed by atoms with Gasteiger partial charge in [-0.15, -0.1) is 31.3 Å². The fourth-order valence-electron chi connectivity index (χ4n) is 3.31. The average Bonchev–Trinajstić information content (AvgIpc) is 2.93. The molecule has 10 nitrogen and oxygen atoms in total. The summed E-state index contributed by atoms with van der Waals surface area (Å²) in [7, 11) is 1.32. The molecule has 198 valence electrons. The average molecular weight is 524 g/mol. The number of carbonyl (C=O) groups excluding carboxylic acids is 1.